The largest absolute Gasteiger partial charge is 0.465 e. The summed E-state index contributed by atoms with van der Waals surface area (Å²) < 4.78 is 50.2. The molecule has 31 heavy (non-hydrogen) atoms. The number of hydrogen-bond acceptors (Lipinski definition) is 7. The fourth-order valence-electron chi connectivity index (χ4n) is 3.03. The van der Waals surface area contributed by atoms with Crippen LogP contribution in [0.5, 0.6) is 0 Å². The minimum absolute atomic E-state index is 0.0640. The number of halogens is 3. The third kappa shape index (κ3) is 3.54. The molecule has 0 saturated carbocycles. The fraction of sp³-hybridized carbons (Fsp3) is 0.150. The summed E-state index contributed by atoms with van der Waals surface area (Å²) in [7, 11) is 1.19. The molecule has 3 heterocycles. The van der Waals surface area contributed by atoms with Crippen molar-refractivity contribution in [2.24, 2.45) is 0 Å². The van der Waals surface area contributed by atoms with E-state index in [0.717, 1.165) is 12.3 Å². The van der Waals surface area contributed by atoms with Gasteiger partial charge in [-0.2, -0.15) is 13.9 Å². The zero-order chi connectivity index (χ0) is 22.2. The van der Waals surface area contributed by atoms with Crippen LogP contribution >= 0.6 is 0 Å². The minimum atomic E-state index is -4.01. The Balaban J connectivity index is 1.96. The van der Waals surface area contributed by atoms with Gasteiger partial charge in [-0.25, -0.2) is 29.0 Å². The van der Waals surface area contributed by atoms with Crippen molar-refractivity contribution in [2.45, 2.75) is 13.0 Å². The van der Waals surface area contributed by atoms with E-state index >= 15 is 8.78 Å². The Hall–Kier alpha value is -4.02. The Morgan fingerprint density at radius 3 is 2.68 bits per heavy atom. The molecule has 0 aliphatic carbocycles. The molecule has 1 aromatic carbocycles. The molecule has 0 atom stereocenters. The van der Waals surface area contributed by atoms with Crippen molar-refractivity contribution >= 4 is 28.6 Å². The van der Waals surface area contributed by atoms with Gasteiger partial charge in [-0.05, 0) is 25.1 Å². The third-order valence-corrected chi connectivity index (χ3v) is 4.45. The van der Waals surface area contributed by atoms with Gasteiger partial charge in [-0.1, -0.05) is 12.1 Å². The number of aryl methyl sites for hydroxylation is 1. The number of esters is 1. The molecule has 4 rings (SSSR count). The fourth-order valence-corrected chi connectivity index (χ4v) is 3.03. The van der Waals surface area contributed by atoms with E-state index in [1.165, 1.54) is 31.5 Å². The van der Waals surface area contributed by atoms with Crippen LogP contribution in [0.2, 0.25) is 0 Å². The highest BCUT2D eigenvalue weighted by atomic mass is 19.3. The Labute approximate surface area is 173 Å². The molecule has 11 heteroatoms. The molecule has 0 unspecified atom stereocenters. The van der Waals surface area contributed by atoms with Crippen LogP contribution in [0.4, 0.5) is 24.9 Å². The van der Waals surface area contributed by atoms with E-state index in [4.69, 9.17) is 4.74 Å². The number of aromatic nitrogens is 5. The number of fused-ring (bicyclic) bond motifs is 1. The highest BCUT2D eigenvalue weighted by Gasteiger charge is 2.47. The second kappa shape index (κ2) is 7.67. The average Bonchev–Trinajstić information content (AvgIpc) is 3.18. The quantitative estimate of drug-likeness (QED) is 0.381. The number of carbonyl (C=O) groups is 1. The minimum Gasteiger partial charge on any atom is -0.465 e. The van der Waals surface area contributed by atoms with E-state index in [-0.39, 0.29) is 16.9 Å². The maximum Gasteiger partial charge on any atom is 0.380 e. The van der Waals surface area contributed by atoms with E-state index in [1.54, 1.807) is 19.1 Å². The summed E-state index contributed by atoms with van der Waals surface area (Å²) in [5.74, 6) is -2.67. The number of carbonyl (C=O) groups excluding carboxylic acids is 1. The monoisotopic (exact) mass is 428 g/mol. The molecule has 1 N–H and O–H groups in total. The second-order valence-corrected chi connectivity index (χ2v) is 6.52. The van der Waals surface area contributed by atoms with E-state index in [0.29, 0.717) is 16.0 Å². The number of anilines is 2. The molecular weight excluding hydrogens is 413 g/mol. The van der Waals surface area contributed by atoms with Crippen LogP contribution in [0.3, 0.4) is 0 Å². The summed E-state index contributed by atoms with van der Waals surface area (Å²) >= 11 is 0. The third-order valence-electron chi connectivity index (χ3n) is 4.45. The van der Waals surface area contributed by atoms with Gasteiger partial charge < -0.3 is 4.74 Å². The van der Waals surface area contributed by atoms with Crippen molar-refractivity contribution in [3.05, 3.63) is 71.6 Å². The predicted molar refractivity (Wildman–Crippen MR) is 104 cm³/mol. The molecule has 158 valence electrons. The number of pyridine rings is 1. The standard InChI is InChI=1S/C20H15F3N6O2/c1-11-9-15(28-27-11)29(20(22,23)17-14(21)7-4-8-24-17)19-25-10-12-5-3-6-13(16(12)26-19)18(30)31-2/h3-10H,1-2H3,(H,27,28). The molecule has 0 spiro atoms. The van der Waals surface area contributed by atoms with E-state index in [9.17, 15) is 9.18 Å². The molecular formula is C20H15F3N6O2. The van der Waals surface area contributed by atoms with Crippen molar-refractivity contribution < 1.29 is 22.7 Å². The number of nitrogens with one attached hydrogen (secondary N) is 1. The number of hydrogen-bond donors (Lipinski definition) is 1. The maximum atomic E-state index is 15.6. The number of H-pyrrole nitrogens is 1. The van der Waals surface area contributed by atoms with Gasteiger partial charge in [0.15, 0.2) is 17.3 Å². The van der Waals surface area contributed by atoms with Crippen molar-refractivity contribution in [2.75, 3.05) is 12.0 Å². The van der Waals surface area contributed by atoms with Crippen LogP contribution < -0.4 is 4.90 Å². The molecule has 0 radical (unpaired) electrons. The Bertz CT molecular complexity index is 1280. The first-order valence-corrected chi connectivity index (χ1v) is 8.98. The molecule has 0 bridgehead atoms. The summed E-state index contributed by atoms with van der Waals surface area (Å²) in [5, 5.41) is 6.86. The molecule has 0 aliphatic heterocycles. The summed E-state index contributed by atoms with van der Waals surface area (Å²) in [5.41, 5.74) is -0.489. The number of alkyl halides is 2. The van der Waals surface area contributed by atoms with E-state index in [2.05, 4.69) is 25.1 Å². The molecule has 0 aliphatic rings. The van der Waals surface area contributed by atoms with E-state index < -0.39 is 29.5 Å². The van der Waals surface area contributed by atoms with Gasteiger partial charge in [0.25, 0.3) is 0 Å². The van der Waals surface area contributed by atoms with Gasteiger partial charge in [-0.3, -0.25) is 5.10 Å². The highest BCUT2D eigenvalue weighted by molar-refractivity contribution is 6.02. The summed E-state index contributed by atoms with van der Waals surface area (Å²) in [6, 6.07) is 4.04. The van der Waals surface area contributed by atoms with Gasteiger partial charge in [-0.15, -0.1) is 0 Å². The van der Waals surface area contributed by atoms with Crippen molar-refractivity contribution in [3.8, 4) is 0 Å². The zero-order valence-electron chi connectivity index (χ0n) is 16.3. The van der Waals surface area contributed by atoms with Crippen LogP contribution in [0.15, 0.2) is 48.8 Å². The summed E-state index contributed by atoms with van der Waals surface area (Å²) in [4.78, 5) is 24.2. The van der Waals surface area contributed by atoms with Gasteiger partial charge in [0.1, 0.15) is 0 Å². The number of methoxy groups -OCH3 is 1. The number of ether oxygens (including phenoxy) is 1. The van der Waals surface area contributed by atoms with E-state index in [1.807, 2.05) is 0 Å². The first kappa shape index (κ1) is 20.3. The molecule has 3 aromatic heterocycles. The van der Waals surface area contributed by atoms with Crippen LogP contribution in [0, 0.1) is 12.7 Å². The second-order valence-electron chi connectivity index (χ2n) is 6.52. The Morgan fingerprint density at radius 2 is 2.00 bits per heavy atom. The van der Waals surface area contributed by atoms with Crippen LogP contribution in [-0.4, -0.2) is 38.2 Å². The van der Waals surface area contributed by atoms with Gasteiger partial charge in [0, 0.05) is 29.5 Å². The van der Waals surface area contributed by atoms with Crippen molar-refractivity contribution in [1.29, 1.82) is 0 Å². The van der Waals surface area contributed by atoms with Crippen molar-refractivity contribution in [1.82, 2.24) is 25.1 Å². The van der Waals surface area contributed by atoms with Gasteiger partial charge in [0.2, 0.25) is 5.95 Å². The van der Waals surface area contributed by atoms with Gasteiger partial charge >= 0.3 is 12.0 Å². The zero-order valence-corrected chi connectivity index (χ0v) is 16.3. The first-order chi connectivity index (χ1) is 14.8. The SMILES string of the molecule is COC(=O)c1cccc2cnc(N(c3cc(C)[nH]n3)C(F)(F)c3ncccc3F)nc12. The maximum absolute atomic E-state index is 15.6. The van der Waals surface area contributed by atoms with Crippen LogP contribution in [-0.2, 0) is 10.8 Å². The smallest absolute Gasteiger partial charge is 0.380 e. The predicted octanol–water partition coefficient (Wildman–Crippen LogP) is 3.87. The number of aromatic amines is 1. The summed E-state index contributed by atoms with van der Waals surface area (Å²) in [6.07, 6.45) is 2.33. The Kier molecular flexibility index (Phi) is 5.01. The molecule has 0 fully saturated rings. The molecule has 0 saturated heterocycles. The lowest BCUT2D eigenvalue weighted by Crippen LogP contribution is -2.38. The van der Waals surface area contributed by atoms with Crippen LogP contribution in [0.1, 0.15) is 21.7 Å². The topological polar surface area (TPSA) is 96.9 Å². The number of nitrogens with zero attached hydrogens (tertiary/aromatic N) is 5. The number of rotatable bonds is 5. The van der Waals surface area contributed by atoms with Gasteiger partial charge in [0.05, 0.1) is 18.2 Å². The number of para-hydroxylation sites is 1. The lowest BCUT2D eigenvalue weighted by atomic mass is 10.1. The lowest BCUT2D eigenvalue weighted by molar-refractivity contribution is -0.00679. The lowest BCUT2D eigenvalue weighted by Gasteiger charge is -2.29. The molecule has 0 amide bonds. The molecule has 4 aromatic rings. The summed E-state index contributed by atoms with van der Waals surface area (Å²) in [6.45, 7) is 1.62. The normalized spacial score (nSPS) is 11.5. The Morgan fingerprint density at radius 1 is 1.19 bits per heavy atom. The van der Waals surface area contributed by atoms with Crippen LogP contribution in [0.25, 0.3) is 10.9 Å². The van der Waals surface area contributed by atoms with Crippen molar-refractivity contribution in [3.63, 3.8) is 0 Å². The average molecular weight is 428 g/mol. The highest BCUT2D eigenvalue weighted by Crippen LogP contribution is 2.40. The molecule has 8 nitrogen and oxygen atoms in total. The first-order valence-electron chi connectivity index (χ1n) is 8.98. The number of benzene rings is 1.